The lowest BCUT2D eigenvalue weighted by Crippen LogP contribution is -1.99. The predicted octanol–water partition coefficient (Wildman–Crippen LogP) is 6.17. The third kappa shape index (κ3) is 3.18. The van der Waals surface area contributed by atoms with Crippen LogP contribution in [-0.4, -0.2) is 0 Å². The van der Waals surface area contributed by atoms with Crippen molar-refractivity contribution in [3.63, 3.8) is 0 Å². The number of hydrogen-bond donors (Lipinski definition) is 0. The first-order valence-corrected chi connectivity index (χ1v) is 7.53. The smallest absolute Gasteiger partial charge is 0.160 e. The van der Waals surface area contributed by atoms with Crippen molar-refractivity contribution in [2.24, 2.45) is 0 Å². The van der Waals surface area contributed by atoms with Crippen LogP contribution in [0, 0.1) is 18.6 Å². The molecule has 0 fully saturated rings. The second-order valence-corrected chi connectivity index (χ2v) is 6.39. The van der Waals surface area contributed by atoms with Crippen molar-refractivity contribution in [1.29, 1.82) is 0 Å². The van der Waals surface area contributed by atoms with E-state index in [4.69, 9.17) is 11.6 Å². The molecule has 1 unspecified atom stereocenters. The van der Waals surface area contributed by atoms with Crippen molar-refractivity contribution in [1.82, 2.24) is 0 Å². The molecule has 0 radical (unpaired) electrons. The summed E-state index contributed by atoms with van der Waals surface area (Å²) in [4.78, 5) is -0.289. The third-order valence-electron chi connectivity index (χ3n) is 2.82. The van der Waals surface area contributed by atoms with Gasteiger partial charge in [0.15, 0.2) is 11.6 Å². The van der Waals surface area contributed by atoms with Crippen LogP contribution in [0.4, 0.5) is 8.78 Å². The molecule has 0 heterocycles. The van der Waals surface area contributed by atoms with Gasteiger partial charge in [-0.3, -0.25) is 0 Å². The van der Waals surface area contributed by atoms with Crippen LogP contribution in [0.25, 0.3) is 0 Å². The summed E-state index contributed by atoms with van der Waals surface area (Å²) in [6, 6.07) is 7.88. The second-order valence-electron chi connectivity index (χ2n) is 4.15. The Balaban J connectivity index is 2.49. The minimum atomic E-state index is -0.944. The maximum Gasteiger partial charge on any atom is 0.160 e. The summed E-state index contributed by atoms with van der Waals surface area (Å²) in [5, 5.41) is 0.197. The molecule has 0 saturated carbocycles. The Labute approximate surface area is 132 Å². The molecule has 0 nitrogen and oxygen atoms in total. The van der Waals surface area contributed by atoms with Gasteiger partial charge in [0.2, 0.25) is 0 Å². The van der Waals surface area contributed by atoms with Gasteiger partial charge in [-0.15, -0.1) is 0 Å². The Morgan fingerprint density at radius 1 is 1.05 bits per heavy atom. The summed E-state index contributed by atoms with van der Waals surface area (Å²) in [7, 11) is 0. The fourth-order valence-corrected chi connectivity index (χ4v) is 3.58. The SMILES string of the molecule is Cc1cc(Br)ccc1C(Br)c1cc(F)c(F)cc1Cl. The van der Waals surface area contributed by atoms with Gasteiger partial charge in [0, 0.05) is 9.50 Å². The largest absolute Gasteiger partial charge is 0.204 e. The number of benzene rings is 2. The minimum Gasteiger partial charge on any atom is -0.204 e. The normalized spacial score (nSPS) is 12.5. The number of aryl methyl sites for hydroxylation is 1. The average Bonchev–Trinajstić information content (AvgIpc) is 2.33. The molecule has 1 atom stereocenters. The summed E-state index contributed by atoms with van der Waals surface area (Å²) < 4.78 is 27.4. The highest BCUT2D eigenvalue weighted by molar-refractivity contribution is 9.10. The lowest BCUT2D eigenvalue weighted by molar-refractivity contribution is 0.507. The Morgan fingerprint density at radius 2 is 1.68 bits per heavy atom. The first-order valence-electron chi connectivity index (χ1n) is 5.44. The van der Waals surface area contributed by atoms with Gasteiger partial charge in [0.25, 0.3) is 0 Å². The summed E-state index contributed by atoms with van der Waals surface area (Å²) in [5.74, 6) is -1.85. The number of alkyl halides is 1. The summed E-state index contributed by atoms with van der Waals surface area (Å²) in [6.07, 6.45) is 0. The van der Waals surface area contributed by atoms with Crippen molar-refractivity contribution in [2.75, 3.05) is 0 Å². The Kier molecular flexibility index (Phi) is 4.64. The molecule has 0 aliphatic rings. The molecule has 2 aromatic rings. The monoisotopic (exact) mass is 408 g/mol. The van der Waals surface area contributed by atoms with Crippen LogP contribution >= 0.6 is 43.5 Å². The quantitative estimate of drug-likeness (QED) is 0.410. The molecule has 0 bridgehead atoms. The van der Waals surface area contributed by atoms with Crippen molar-refractivity contribution in [3.05, 3.63) is 68.2 Å². The molecule has 0 spiro atoms. The van der Waals surface area contributed by atoms with E-state index in [9.17, 15) is 8.78 Å². The Morgan fingerprint density at radius 3 is 2.32 bits per heavy atom. The Bertz CT molecular complexity index is 629. The number of halogens is 5. The molecule has 0 N–H and O–H groups in total. The molecule has 19 heavy (non-hydrogen) atoms. The van der Waals surface area contributed by atoms with Gasteiger partial charge >= 0.3 is 0 Å². The highest BCUT2D eigenvalue weighted by Crippen LogP contribution is 2.38. The van der Waals surface area contributed by atoms with Crippen molar-refractivity contribution in [2.45, 2.75) is 11.8 Å². The molecule has 0 saturated heterocycles. The molecule has 2 rings (SSSR count). The van der Waals surface area contributed by atoms with Crippen LogP contribution in [0.1, 0.15) is 21.5 Å². The van der Waals surface area contributed by atoms with E-state index < -0.39 is 11.6 Å². The van der Waals surface area contributed by atoms with Gasteiger partial charge in [0.05, 0.1) is 4.83 Å². The summed E-state index contributed by atoms with van der Waals surface area (Å²) >= 11 is 12.9. The van der Waals surface area contributed by atoms with E-state index >= 15 is 0 Å². The zero-order valence-electron chi connectivity index (χ0n) is 9.85. The molecule has 0 aliphatic carbocycles. The fraction of sp³-hybridized carbons (Fsp3) is 0.143. The van der Waals surface area contributed by atoms with E-state index in [1.54, 1.807) is 0 Å². The first-order chi connectivity index (χ1) is 8.90. The van der Waals surface area contributed by atoms with E-state index in [0.717, 1.165) is 27.7 Å². The number of hydrogen-bond acceptors (Lipinski definition) is 0. The number of rotatable bonds is 2. The van der Waals surface area contributed by atoms with Gasteiger partial charge in [-0.2, -0.15) is 0 Å². The highest BCUT2D eigenvalue weighted by atomic mass is 79.9. The molecule has 5 heteroatoms. The summed E-state index contributed by atoms with van der Waals surface area (Å²) in [6.45, 7) is 1.95. The lowest BCUT2D eigenvalue weighted by Gasteiger charge is -2.15. The predicted molar refractivity (Wildman–Crippen MR) is 81.0 cm³/mol. The van der Waals surface area contributed by atoms with E-state index in [1.165, 1.54) is 0 Å². The maximum atomic E-state index is 13.3. The van der Waals surface area contributed by atoms with Gasteiger partial charge in [-0.05, 0) is 47.9 Å². The highest BCUT2D eigenvalue weighted by Gasteiger charge is 2.18. The van der Waals surface area contributed by atoms with Gasteiger partial charge in [-0.25, -0.2) is 8.78 Å². The lowest BCUT2D eigenvalue weighted by atomic mass is 10.0. The summed E-state index contributed by atoms with van der Waals surface area (Å²) in [5.41, 5.74) is 2.49. The first kappa shape index (κ1) is 14.9. The van der Waals surface area contributed by atoms with Crippen LogP contribution in [-0.2, 0) is 0 Å². The molecule has 0 aromatic heterocycles. The van der Waals surface area contributed by atoms with E-state index in [2.05, 4.69) is 31.9 Å². The topological polar surface area (TPSA) is 0 Å². The van der Waals surface area contributed by atoms with Crippen LogP contribution in [0.2, 0.25) is 5.02 Å². The van der Waals surface area contributed by atoms with Crippen LogP contribution in [0.15, 0.2) is 34.8 Å². The second kappa shape index (κ2) is 5.90. The van der Waals surface area contributed by atoms with E-state index in [0.29, 0.717) is 5.56 Å². The standard InChI is InChI=1S/C14H9Br2ClF2/c1-7-4-8(15)2-3-9(7)14(16)10-5-12(18)13(19)6-11(10)17/h2-6,14H,1H3. The zero-order valence-corrected chi connectivity index (χ0v) is 13.8. The minimum absolute atomic E-state index is 0.197. The van der Waals surface area contributed by atoms with Gasteiger partial charge < -0.3 is 0 Å². The van der Waals surface area contributed by atoms with Crippen LogP contribution in [0.5, 0.6) is 0 Å². The molecule has 2 aromatic carbocycles. The van der Waals surface area contributed by atoms with Crippen LogP contribution < -0.4 is 0 Å². The molecular weight excluding hydrogens is 401 g/mol. The van der Waals surface area contributed by atoms with Gasteiger partial charge in [-0.1, -0.05) is 49.5 Å². The van der Waals surface area contributed by atoms with E-state index in [-0.39, 0.29) is 9.85 Å². The van der Waals surface area contributed by atoms with Crippen LogP contribution in [0.3, 0.4) is 0 Å². The zero-order chi connectivity index (χ0) is 14.2. The molecular formula is C14H9Br2ClF2. The molecule has 0 amide bonds. The van der Waals surface area contributed by atoms with E-state index in [1.807, 2.05) is 25.1 Å². The van der Waals surface area contributed by atoms with Crippen molar-refractivity contribution < 1.29 is 8.78 Å². The molecule has 100 valence electrons. The molecule has 0 aliphatic heterocycles. The average molecular weight is 410 g/mol. The third-order valence-corrected chi connectivity index (χ3v) is 4.62. The van der Waals surface area contributed by atoms with Gasteiger partial charge in [0.1, 0.15) is 0 Å². The maximum absolute atomic E-state index is 13.3. The Hall–Kier alpha value is -0.450. The van der Waals surface area contributed by atoms with Crippen molar-refractivity contribution in [3.8, 4) is 0 Å². The van der Waals surface area contributed by atoms with Crippen molar-refractivity contribution >= 4 is 43.5 Å². The fourth-order valence-electron chi connectivity index (χ4n) is 1.82.